The molecule has 0 saturated carbocycles. The number of hydrogen-bond acceptors (Lipinski definition) is 4. The smallest absolute Gasteiger partial charge is 0.330 e. The second-order valence-corrected chi connectivity index (χ2v) is 8.08. The highest BCUT2D eigenvalue weighted by Gasteiger charge is 2.18. The Balaban J connectivity index is 1.54. The summed E-state index contributed by atoms with van der Waals surface area (Å²) < 4.78 is 18.1. The van der Waals surface area contributed by atoms with Crippen molar-refractivity contribution in [2.45, 2.75) is 6.10 Å². The SMILES string of the molecule is C=CC(=O)OC(COc1c2ccccc2cc2ccc(Oc3ccccc3)cc12)c1ccccc1. The normalized spacial score (nSPS) is 11.7. The van der Waals surface area contributed by atoms with Crippen molar-refractivity contribution in [3.8, 4) is 17.2 Å². The van der Waals surface area contributed by atoms with E-state index in [1.54, 1.807) is 0 Å². The Morgan fingerprint density at radius 3 is 2.20 bits per heavy atom. The van der Waals surface area contributed by atoms with E-state index in [1.165, 1.54) is 0 Å². The maximum Gasteiger partial charge on any atom is 0.330 e. The molecule has 5 aromatic carbocycles. The van der Waals surface area contributed by atoms with E-state index in [4.69, 9.17) is 14.2 Å². The third-order valence-electron chi connectivity index (χ3n) is 5.74. The molecule has 172 valence electrons. The van der Waals surface area contributed by atoms with Crippen molar-refractivity contribution in [3.63, 3.8) is 0 Å². The second-order valence-electron chi connectivity index (χ2n) is 8.08. The fourth-order valence-electron chi connectivity index (χ4n) is 4.06. The second kappa shape index (κ2) is 10.1. The van der Waals surface area contributed by atoms with E-state index in [0.29, 0.717) is 11.5 Å². The molecule has 4 heteroatoms. The zero-order chi connectivity index (χ0) is 24.0. The molecule has 0 amide bonds. The quantitative estimate of drug-likeness (QED) is 0.136. The van der Waals surface area contributed by atoms with Gasteiger partial charge in [-0.05, 0) is 46.7 Å². The highest BCUT2D eigenvalue weighted by molar-refractivity contribution is 6.05. The van der Waals surface area contributed by atoms with Crippen molar-refractivity contribution in [1.29, 1.82) is 0 Å². The summed E-state index contributed by atoms with van der Waals surface area (Å²) in [6, 6.07) is 35.4. The minimum atomic E-state index is -0.584. The van der Waals surface area contributed by atoms with E-state index in [-0.39, 0.29) is 6.61 Å². The Labute approximate surface area is 204 Å². The van der Waals surface area contributed by atoms with Gasteiger partial charge in [-0.1, -0.05) is 85.4 Å². The van der Waals surface area contributed by atoms with Gasteiger partial charge in [-0.2, -0.15) is 0 Å². The van der Waals surface area contributed by atoms with Crippen LogP contribution in [0, 0.1) is 0 Å². The Kier molecular flexibility index (Phi) is 6.44. The molecule has 0 aliphatic carbocycles. The van der Waals surface area contributed by atoms with Crippen molar-refractivity contribution < 1.29 is 19.0 Å². The average Bonchev–Trinajstić information content (AvgIpc) is 2.91. The Bertz CT molecular complexity index is 1480. The fourth-order valence-corrected chi connectivity index (χ4v) is 4.06. The van der Waals surface area contributed by atoms with Crippen LogP contribution < -0.4 is 9.47 Å². The number of rotatable bonds is 8. The molecule has 5 rings (SSSR count). The van der Waals surface area contributed by atoms with Crippen molar-refractivity contribution in [2.24, 2.45) is 0 Å². The summed E-state index contributed by atoms with van der Waals surface area (Å²) in [6.45, 7) is 3.67. The third-order valence-corrected chi connectivity index (χ3v) is 5.74. The fraction of sp³-hybridized carbons (Fsp3) is 0.0645. The van der Waals surface area contributed by atoms with Crippen molar-refractivity contribution in [1.82, 2.24) is 0 Å². The molecule has 0 fully saturated rings. The van der Waals surface area contributed by atoms with Gasteiger partial charge in [0.2, 0.25) is 0 Å². The van der Waals surface area contributed by atoms with Crippen LogP contribution in [0.2, 0.25) is 0 Å². The first-order chi connectivity index (χ1) is 17.2. The summed E-state index contributed by atoms with van der Waals surface area (Å²) in [4.78, 5) is 12.0. The van der Waals surface area contributed by atoms with Gasteiger partial charge in [-0.15, -0.1) is 0 Å². The van der Waals surface area contributed by atoms with Gasteiger partial charge < -0.3 is 14.2 Å². The van der Waals surface area contributed by atoms with Crippen molar-refractivity contribution >= 4 is 27.5 Å². The van der Waals surface area contributed by atoms with E-state index in [1.807, 2.05) is 97.1 Å². The molecule has 0 radical (unpaired) electrons. The van der Waals surface area contributed by atoms with Crippen LogP contribution in [0.5, 0.6) is 17.2 Å². The van der Waals surface area contributed by atoms with Crippen LogP contribution in [0.4, 0.5) is 0 Å². The molecule has 4 nitrogen and oxygen atoms in total. The zero-order valence-corrected chi connectivity index (χ0v) is 19.1. The first-order valence-corrected chi connectivity index (χ1v) is 11.4. The van der Waals surface area contributed by atoms with Gasteiger partial charge in [0, 0.05) is 16.8 Å². The van der Waals surface area contributed by atoms with Gasteiger partial charge in [0.15, 0.2) is 6.10 Å². The van der Waals surface area contributed by atoms with E-state index in [0.717, 1.165) is 38.9 Å². The molecule has 0 bridgehead atoms. The van der Waals surface area contributed by atoms with Gasteiger partial charge in [0.05, 0.1) is 0 Å². The molecular formula is C31H24O4. The number of esters is 1. The minimum Gasteiger partial charge on any atom is -0.488 e. The lowest BCUT2D eigenvalue weighted by atomic mass is 10.0. The molecule has 0 spiro atoms. The summed E-state index contributed by atoms with van der Waals surface area (Å²) in [5.41, 5.74) is 0.848. The van der Waals surface area contributed by atoms with E-state index >= 15 is 0 Å². The van der Waals surface area contributed by atoms with Gasteiger partial charge in [-0.3, -0.25) is 0 Å². The average molecular weight is 461 g/mol. The molecule has 5 aromatic rings. The highest BCUT2D eigenvalue weighted by Crippen LogP contribution is 2.38. The lowest BCUT2D eigenvalue weighted by Crippen LogP contribution is -2.17. The van der Waals surface area contributed by atoms with Crippen molar-refractivity contribution in [2.75, 3.05) is 6.61 Å². The van der Waals surface area contributed by atoms with Crippen LogP contribution in [-0.2, 0) is 9.53 Å². The Morgan fingerprint density at radius 1 is 0.743 bits per heavy atom. The molecule has 0 aliphatic heterocycles. The predicted octanol–water partition coefficient (Wildman–Crippen LogP) is 7.63. The van der Waals surface area contributed by atoms with E-state index in [2.05, 4.69) is 18.7 Å². The lowest BCUT2D eigenvalue weighted by molar-refractivity contribution is -0.144. The van der Waals surface area contributed by atoms with Gasteiger partial charge in [0.25, 0.3) is 0 Å². The first kappa shape index (κ1) is 22.2. The number of benzene rings is 5. The maximum atomic E-state index is 12.0. The molecule has 1 unspecified atom stereocenters. The number of para-hydroxylation sites is 1. The van der Waals surface area contributed by atoms with Crippen LogP contribution in [0.25, 0.3) is 21.5 Å². The molecule has 0 N–H and O–H groups in total. The van der Waals surface area contributed by atoms with Gasteiger partial charge >= 0.3 is 5.97 Å². The number of fused-ring (bicyclic) bond motifs is 2. The summed E-state index contributed by atoms with van der Waals surface area (Å²) in [5.74, 6) is 1.69. The van der Waals surface area contributed by atoms with Gasteiger partial charge in [0.1, 0.15) is 23.9 Å². The molecule has 0 saturated heterocycles. The van der Waals surface area contributed by atoms with Gasteiger partial charge in [-0.25, -0.2) is 4.79 Å². The zero-order valence-electron chi connectivity index (χ0n) is 19.1. The number of carbonyl (C=O) groups excluding carboxylic acids is 1. The monoisotopic (exact) mass is 460 g/mol. The highest BCUT2D eigenvalue weighted by atomic mass is 16.6. The summed E-state index contributed by atoms with van der Waals surface area (Å²) in [7, 11) is 0. The minimum absolute atomic E-state index is 0.149. The third kappa shape index (κ3) is 5.02. The standard InChI is InChI=1S/C31H24O4/c1-2-30(32)35-29(22-11-5-3-6-12-22)21-33-31-27-16-10-9-13-23(27)19-24-17-18-26(20-28(24)31)34-25-14-7-4-8-15-25/h2-20,29H,1,21H2. The van der Waals surface area contributed by atoms with Crippen LogP contribution in [0.1, 0.15) is 11.7 Å². The molecule has 0 heterocycles. The van der Waals surface area contributed by atoms with Crippen LogP contribution in [0.15, 0.2) is 122 Å². The van der Waals surface area contributed by atoms with E-state index < -0.39 is 12.1 Å². The predicted molar refractivity (Wildman–Crippen MR) is 139 cm³/mol. The summed E-state index contributed by atoms with van der Waals surface area (Å²) in [5, 5.41) is 3.97. The first-order valence-electron chi connectivity index (χ1n) is 11.4. The molecule has 1 atom stereocenters. The topological polar surface area (TPSA) is 44.8 Å². The van der Waals surface area contributed by atoms with Crippen LogP contribution >= 0.6 is 0 Å². The van der Waals surface area contributed by atoms with E-state index in [9.17, 15) is 4.79 Å². The number of ether oxygens (including phenoxy) is 3. The Morgan fingerprint density at radius 2 is 1.43 bits per heavy atom. The Hall–Kier alpha value is -4.57. The number of carbonyl (C=O) groups is 1. The number of hydrogen-bond donors (Lipinski definition) is 0. The van der Waals surface area contributed by atoms with Crippen molar-refractivity contribution in [3.05, 3.63) is 127 Å². The maximum absolute atomic E-state index is 12.0. The van der Waals surface area contributed by atoms with Crippen LogP contribution in [0.3, 0.4) is 0 Å². The summed E-state index contributed by atoms with van der Waals surface area (Å²) in [6.07, 6.45) is 0.579. The molecule has 0 aliphatic rings. The largest absolute Gasteiger partial charge is 0.488 e. The summed E-state index contributed by atoms with van der Waals surface area (Å²) >= 11 is 0. The molecule has 35 heavy (non-hydrogen) atoms. The van der Waals surface area contributed by atoms with Crippen LogP contribution in [-0.4, -0.2) is 12.6 Å². The molecular weight excluding hydrogens is 436 g/mol. The molecule has 0 aromatic heterocycles. The lowest BCUT2D eigenvalue weighted by Gasteiger charge is -2.20.